The van der Waals surface area contributed by atoms with Crippen LogP contribution in [0.1, 0.15) is 23.2 Å². The molecule has 1 aliphatic heterocycles. The van der Waals surface area contributed by atoms with E-state index in [4.69, 9.17) is 5.11 Å². The number of hydrogen-bond donors (Lipinski definition) is 2. The summed E-state index contributed by atoms with van der Waals surface area (Å²) in [4.78, 5) is 25.6. The summed E-state index contributed by atoms with van der Waals surface area (Å²) in [6, 6.07) is 4.30. The van der Waals surface area contributed by atoms with Gasteiger partial charge in [-0.1, -0.05) is 0 Å². The molecule has 1 aliphatic rings. The van der Waals surface area contributed by atoms with Crippen LogP contribution in [0.25, 0.3) is 11.0 Å². The highest BCUT2D eigenvalue weighted by Gasteiger charge is 2.32. The number of H-pyrrole nitrogens is 1. The van der Waals surface area contributed by atoms with Crippen molar-refractivity contribution < 1.29 is 18.3 Å². The Labute approximate surface area is 120 Å². The Bertz CT molecular complexity index is 878. The van der Waals surface area contributed by atoms with Crippen LogP contribution in [0.5, 0.6) is 0 Å². The monoisotopic (exact) mass is 310 g/mol. The van der Waals surface area contributed by atoms with Gasteiger partial charge in [0, 0.05) is 6.54 Å². The van der Waals surface area contributed by atoms with E-state index in [-0.39, 0.29) is 17.9 Å². The number of carboxylic acid groups (broad SMARTS) is 1. The van der Waals surface area contributed by atoms with Crippen LogP contribution in [0.3, 0.4) is 0 Å². The molecule has 0 amide bonds. The smallest absolute Gasteiger partial charge is 0.335 e. The van der Waals surface area contributed by atoms with Crippen molar-refractivity contribution in [3.8, 4) is 0 Å². The standard InChI is InChI=1S/C13H14N2O5S/c16-12(17)8-3-4-10-11(6-8)15(13(18)14-10)7-9-2-1-5-21(9,19)20/h3-4,6,9H,1-2,5,7H2,(H,14,18)(H,16,17). The van der Waals surface area contributed by atoms with Crippen LogP contribution in [-0.2, 0) is 16.4 Å². The first-order valence-electron chi connectivity index (χ1n) is 6.56. The lowest BCUT2D eigenvalue weighted by atomic mass is 10.2. The van der Waals surface area contributed by atoms with Crippen LogP contribution in [0.2, 0.25) is 0 Å². The Morgan fingerprint density at radius 2 is 2.19 bits per heavy atom. The summed E-state index contributed by atoms with van der Waals surface area (Å²) in [5.41, 5.74) is 0.557. The number of carboxylic acids is 1. The number of aromatic amines is 1. The van der Waals surface area contributed by atoms with Crippen LogP contribution < -0.4 is 5.69 Å². The van der Waals surface area contributed by atoms with E-state index in [0.717, 1.165) is 0 Å². The third-order valence-electron chi connectivity index (χ3n) is 3.87. The fourth-order valence-corrected chi connectivity index (χ4v) is 4.54. The minimum atomic E-state index is -3.16. The van der Waals surface area contributed by atoms with E-state index < -0.39 is 26.7 Å². The zero-order valence-electron chi connectivity index (χ0n) is 11.1. The number of carbonyl (C=O) groups is 1. The van der Waals surface area contributed by atoms with Gasteiger partial charge in [-0.2, -0.15) is 0 Å². The normalized spacial score (nSPS) is 20.9. The van der Waals surface area contributed by atoms with Gasteiger partial charge in [-0.05, 0) is 31.0 Å². The molecular formula is C13H14N2O5S. The summed E-state index contributed by atoms with van der Waals surface area (Å²) in [7, 11) is -3.16. The van der Waals surface area contributed by atoms with Crippen LogP contribution in [0.15, 0.2) is 23.0 Å². The van der Waals surface area contributed by atoms with E-state index in [0.29, 0.717) is 23.9 Å². The lowest BCUT2D eigenvalue weighted by Crippen LogP contribution is -2.28. The summed E-state index contributed by atoms with van der Waals surface area (Å²) in [6.45, 7) is 0.0598. The number of aromatic carboxylic acids is 1. The molecule has 1 fully saturated rings. The number of sulfone groups is 1. The molecule has 1 aromatic carbocycles. The van der Waals surface area contributed by atoms with Gasteiger partial charge in [-0.25, -0.2) is 18.0 Å². The van der Waals surface area contributed by atoms with E-state index in [1.54, 1.807) is 0 Å². The average molecular weight is 310 g/mol. The maximum Gasteiger partial charge on any atom is 0.335 e. The molecule has 0 radical (unpaired) electrons. The Morgan fingerprint density at radius 1 is 1.43 bits per heavy atom. The van der Waals surface area contributed by atoms with E-state index in [1.807, 2.05) is 0 Å². The summed E-state index contributed by atoms with van der Waals surface area (Å²) in [6.07, 6.45) is 1.13. The number of aromatic nitrogens is 2. The predicted octanol–water partition coefficient (Wildman–Crippen LogP) is 0.605. The van der Waals surface area contributed by atoms with Gasteiger partial charge in [0.25, 0.3) is 0 Å². The summed E-state index contributed by atoms with van der Waals surface area (Å²) in [5, 5.41) is 8.43. The van der Waals surface area contributed by atoms with Gasteiger partial charge in [0.05, 0.1) is 27.6 Å². The third kappa shape index (κ3) is 2.35. The largest absolute Gasteiger partial charge is 0.478 e. The molecule has 2 N–H and O–H groups in total. The van der Waals surface area contributed by atoms with E-state index in [1.165, 1.54) is 22.8 Å². The topological polar surface area (TPSA) is 109 Å². The minimum absolute atomic E-state index is 0.0597. The molecule has 0 spiro atoms. The summed E-state index contributed by atoms with van der Waals surface area (Å²) < 4.78 is 25.1. The van der Waals surface area contributed by atoms with Crippen molar-refractivity contribution in [2.45, 2.75) is 24.6 Å². The van der Waals surface area contributed by atoms with Gasteiger partial charge in [-0.15, -0.1) is 0 Å². The molecule has 0 aliphatic carbocycles. The zero-order chi connectivity index (χ0) is 15.2. The first-order valence-corrected chi connectivity index (χ1v) is 8.27. The van der Waals surface area contributed by atoms with Crippen molar-refractivity contribution in [1.82, 2.24) is 9.55 Å². The highest BCUT2D eigenvalue weighted by atomic mass is 32.2. The van der Waals surface area contributed by atoms with E-state index >= 15 is 0 Å². The second kappa shape index (κ2) is 4.73. The first kappa shape index (κ1) is 13.9. The van der Waals surface area contributed by atoms with Gasteiger partial charge in [0.2, 0.25) is 0 Å². The van der Waals surface area contributed by atoms with Crippen LogP contribution in [0.4, 0.5) is 0 Å². The van der Waals surface area contributed by atoms with Crippen molar-refractivity contribution in [3.05, 3.63) is 34.2 Å². The molecule has 21 heavy (non-hydrogen) atoms. The number of rotatable bonds is 3. The van der Waals surface area contributed by atoms with Crippen molar-refractivity contribution in [2.24, 2.45) is 0 Å². The molecule has 112 valence electrons. The van der Waals surface area contributed by atoms with Gasteiger partial charge in [0.1, 0.15) is 0 Å². The molecule has 1 aromatic heterocycles. The zero-order valence-corrected chi connectivity index (χ0v) is 11.9. The molecular weight excluding hydrogens is 296 g/mol. The van der Waals surface area contributed by atoms with Crippen molar-refractivity contribution >= 4 is 26.8 Å². The van der Waals surface area contributed by atoms with Crippen molar-refractivity contribution in [1.29, 1.82) is 0 Å². The maximum atomic E-state index is 12.0. The fourth-order valence-electron chi connectivity index (χ4n) is 2.73. The molecule has 2 aromatic rings. The Kier molecular flexibility index (Phi) is 3.12. The molecule has 0 saturated carbocycles. The summed E-state index contributed by atoms with van der Waals surface area (Å²) in [5.74, 6) is -0.944. The molecule has 1 saturated heterocycles. The number of benzene rings is 1. The van der Waals surface area contributed by atoms with E-state index in [9.17, 15) is 18.0 Å². The van der Waals surface area contributed by atoms with Crippen molar-refractivity contribution in [2.75, 3.05) is 5.75 Å². The second-order valence-electron chi connectivity index (χ2n) is 5.21. The third-order valence-corrected chi connectivity index (χ3v) is 6.13. The number of imidazole rings is 1. The predicted molar refractivity (Wildman–Crippen MR) is 76.3 cm³/mol. The van der Waals surface area contributed by atoms with Gasteiger partial charge in [0.15, 0.2) is 9.84 Å². The number of nitrogens with zero attached hydrogens (tertiary/aromatic N) is 1. The van der Waals surface area contributed by atoms with Crippen molar-refractivity contribution in [3.63, 3.8) is 0 Å². The Morgan fingerprint density at radius 3 is 2.81 bits per heavy atom. The molecule has 7 nitrogen and oxygen atoms in total. The Hall–Kier alpha value is -2.09. The van der Waals surface area contributed by atoms with Crippen LogP contribution >= 0.6 is 0 Å². The van der Waals surface area contributed by atoms with Crippen LogP contribution in [0, 0.1) is 0 Å². The Balaban J connectivity index is 2.09. The lowest BCUT2D eigenvalue weighted by Gasteiger charge is -2.10. The second-order valence-corrected chi connectivity index (χ2v) is 7.61. The van der Waals surface area contributed by atoms with Gasteiger partial charge >= 0.3 is 11.7 Å². The molecule has 3 rings (SSSR count). The molecule has 0 bridgehead atoms. The first-order chi connectivity index (χ1) is 9.88. The molecule has 1 unspecified atom stereocenters. The highest BCUT2D eigenvalue weighted by molar-refractivity contribution is 7.92. The quantitative estimate of drug-likeness (QED) is 0.863. The molecule has 2 heterocycles. The molecule has 8 heteroatoms. The number of hydrogen-bond acceptors (Lipinski definition) is 4. The van der Waals surface area contributed by atoms with Crippen LogP contribution in [-0.4, -0.2) is 40.0 Å². The highest BCUT2D eigenvalue weighted by Crippen LogP contribution is 2.23. The maximum absolute atomic E-state index is 12.0. The van der Waals surface area contributed by atoms with Gasteiger partial charge < -0.3 is 10.1 Å². The van der Waals surface area contributed by atoms with E-state index in [2.05, 4.69) is 4.98 Å². The minimum Gasteiger partial charge on any atom is -0.478 e. The van der Waals surface area contributed by atoms with Gasteiger partial charge in [-0.3, -0.25) is 4.57 Å². The number of fused-ring (bicyclic) bond motifs is 1. The lowest BCUT2D eigenvalue weighted by molar-refractivity contribution is 0.0697. The average Bonchev–Trinajstić information content (AvgIpc) is 2.90. The fraction of sp³-hybridized carbons (Fsp3) is 0.385. The SMILES string of the molecule is O=C(O)c1ccc2[nH]c(=O)n(CC3CCCS3(=O)=O)c2c1. The summed E-state index contributed by atoms with van der Waals surface area (Å²) >= 11 is 0. The number of nitrogens with one attached hydrogen (secondary N) is 1. The molecule has 1 atom stereocenters.